The zero-order chi connectivity index (χ0) is 15.9. The number of pyridine rings is 1. The van der Waals surface area contributed by atoms with Crippen LogP contribution in [0.3, 0.4) is 0 Å². The molecule has 0 aliphatic heterocycles. The molecule has 0 radical (unpaired) electrons. The average Bonchev–Trinajstić information content (AvgIpc) is 2.55. The Bertz CT molecular complexity index is 635. The van der Waals surface area contributed by atoms with Crippen LogP contribution < -0.4 is 20.1 Å². The van der Waals surface area contributed by atoms with Gasteiger partial charge in [-0.15, -0.1) is 0 Å². The van der Waals surface area contributed by atoms with Gasteiger partial charge in [0, 0.05) is 18.5 Å². The molecule has 116 valence electrons. The number of ether oxygens (including phenoxy) is 2. The maximum absolute atomic E-state index is 5.37. The van der Waals surface area contributed by atoms with Crippen molar-refractivity contribution in [3.05, 3.63) is 48.3 Å². The minimum Gasteiger partial charge on any atom is -0.497 e. The number of methoxy groups -OCH3 is 2. The van der Waals surface area contributed by atoms with Crippen LogP contribution in [0.5, 0.6) is 11.5 Å². The average molecular weight is 317 g/mol. The number of hydrogen-bond donors (Lipinski definition) is 2. The van der Waals surface area contributed by atoms with Gasteiger partial charge in [0.25, 0.3) is 0 Å². The van der Waals surface area contributed by atoms with Crippen molar-refractivity contribution in [2.45, 2.75) is 13.0 Å². The van der Waals surface area contributed by atoms with Gasteiger partial charge in [0.15, 0.2) is 5.11 Å². The maximum atomic E-state index is 5.37. The van der Waals surface area contributed by atoms with Gasteiger partial charge in [0.1, 0.15) is 11.5 Å². The lowest BCUT2D eigenvalue weighted by molar-refractivity contribution is 0.405. The van der Waals surface area contributed by atoms with Crippen LogP contribution >= 0.6 is 12.2 Å². The Morgan fingerprint density at radius 1 is 1.14 bits per heavy atom. The SMILES string of the molecule is COc1ccc(OC)c(NC(=S)NC(C)c2ccncc2)c1. The van der Waals surface area contributed by atoms with Crippen LogP contribution in [0, 0.1) is 0 Å². The van der Waals surface area contributed by atoms with Crippen molar-refractivity contribution >= 4 is 23.0 Å². The van der Waals surface area contributed by atoms with Crippen LogP contribution in [0.2, 0.25) is 0 Å². The van der Waals surface area contributed by atoms with Gasteiger partial charge < -0.3 is 20.1 Å². The summed E-state index contributed by atoms with van der Waals surface area (Å²) in [5, 5.41) is 6.88. The largest absolute Gasteiger partial charge is 0.497 e. The van der Waals surface area contributed by atoms with Crippen molar-refractivity contribution in [1.29, 1.82) is 0 Å². The fourth-order valence-electron chi connectivity index (χ4n) is 2.00. The summed E-state index contributed by atoms with van der Waals surface area (Å²) in [7, 11) is 3.23. The Labute approximate surface area is 135 Å². The fourth-order valence-corrected chi connectivity index (χ4v) is 2.29. The molecule has 0 aliphatic rings. The third-order valence-corrected chi connectivity index (χ3v) is 3.43. The van der Waals surface area contributed by atoms with E-state index in [1.807, 2.05) is 37.3 Å². The van der Waals surface area contributed by atoms with Crippen LogP contribution in [0.4, 0.5) is 5.69 Å². The van der Waals surface area contributed by atoms with E-state index in [1.165, 1.54) is 0 Å². The van der Waals surface area contributed by atoms with E-state index in [4.69, 9.17) is 21.7 Å². The Morgan fingerprint density at radius 2 is 1.86 bits per heavy atom. The highest BCUT2D eigenvalue weighted by atomic mass is 32.1. The van der Waals surface area contributed by atoms with Crippen LogP contribution in [-0.2, 0) is 0 Å². The molecule has 1 atom stereocenters. The molecule has 2 N–H and O–H groups in total. The molecule has 1 aromatic carbocycles. The molecule has 6 heteroatoms. The van der Waals surface area contributed by atoms with Gasteiger partial charge in [0.05, 0.1) is 25.9 Å². The van der Waals surface area contributed by atoms with E-state index >= 15 is 0 Å². The summed E-state index contributed by atoms with van der Waals surface area (Å²) in [6, 6.07) is 9.47. The number of anilines is 1. The van der Waals surface area contributed by atoms with Crippen LogP contribution in [0.25, 0.3) is 0 Å². The third kappa shape index (κ3) is 4.08. The molecule has 0 saturated heterocycles. The van der Waals surface area contributed by atoms with Crippen molar-refractivity contribution < 1.29 is 9.47 Å². The number of nitrogens with zero attached hydrogens (tertiary/aromatic N) is 1. The Morgan fingerprint density at radius 3 is 2.50 bits per heavy atom. The molecule has 1 heterocycles. The number of benzene rings is 1. The van der Waals surface area contributed by atoms with Crippen LogP contribution in [0.15, 0.2) is 42.7 Å². The van der Waals surface area contributed by atoms with Crippen molar-refractivity contribution in [2.24, 2.45) is 0 Å². The molecule has 0 aliphatic carbocycles. The summed E-state index contributed by atoms with van der Waals surface area (Å²) >= 11 is 5.37. The molecule has 2 rings (SSSR count). The molecule has 5 nitrogen and oxygen atoms in total. The quantitative estimate of drug-likeness (QED) is 0.826. The monoisotopic (exact) mass is 317 g/mol. The van der Waals surface area contributed by atoms with Crippen molar-refractivity contribution in [1.82, 2.24) is 10.3 Å². The van der Waals surface area contributed by atoms with E-state index in [0.29, 0.717) is 10.9 Å². The summed E-state index contributed by atoms with van der Waals surface area (Å²) in [5.41, 5.74) is 1.86. The summed E-state index contributed by atoms with van der Waals surface area (Å²) in [6.45, 7) is 2.03. The maximum Gasteiger partial charge on any atom is 0.171 e. The molecule has 0 amide bonds. The lowest BCUT2D eigenvalue weighted by Crippen LogP contribution is -2.31. The first kappa shape index (κ1) is 16.0. The third-order valence-electron chi connectivity index (χ3n) is 3.21. The van der Waals surface area contributed by atoms with Gasteiger partial charge in [-0.25, -0.2) is 0 Å². The molecule has 0 spiro atoms. The lowest BCUT2D eigenvalue weighted by Gasteiger charge is -2.18. The van der Waals surface area contributed by atoms with Gasteiger partial charge in [-0.05, 0) is 49.0 Å². The standard InChI is InChI=1S/C16H19N3O2S/c1-11(12-6-8-17-9-7-12)18-16(22)19-14-10-13(20-2)4-5-15(14)21-3/h4-11H,1-3H3,(H2,18,19,22). The molecule has 22 heavy (non-hydrogen) atoms. The molecule has 0 fully saturated rings. The predicted molar refractivity (Wildman–Crippen MR) is 91.6 cm³/mol. The zero-order valence-corrected chi connectivity index (χ0v) is 13.6. The van der Waals surface area contributed by atoms with E-state index < -0.39 is 0 Å². The Kier molecular flexibility index (Phi) is 5.55. The summed E-state index contributed by atoms with van der Waals surface area (Å²) < 4.78 is 10.5. The number of aromatic nitrogens is 1. The second kappa shape index (κ2) is 7.61. The number of hydrogen-bond acceptors (Lipinski definition) is 4. The second-order valence-electron chi connectivity index (χ2n) is 4.67. The normalized spacial score (nSPS) is 11.4. The topological polar surface area (TPSA) is 55.4 Å². The van der Waals surface area contributed by atoms with E-state index in [-0.39, 0.29) is 6.04 Å². The van der Waals surface area contributed by atoms with E-state index in [2.05, 4.69) is 15.6 Å². The second-order valence-corrected chi connectivity index (χ2v) is 5.08. The van der Waals surface area contributed by atoms with E-state index in [1.54, 1.807) is 26.6 Å². The highest BCUT2D eigenvalue weighted by Gasteiger charge is 2.10. The first-order valence-corrected chi connectivity index (χ1v) is 7.24. The number of nitrogens with one attached hydrogen (secondary N) is 2. The van der Waals surface area contributed by atoms with E-state index in [9.17, 15) is 0 Å². The van der Waals surface area contributed by atoms with Gasteiger partial charge in [0.2, 0.25) is 0 Å². The summed E-state index contributed by atoms with van der Waals surface area (Å²) in [5.74, 6) is 1.43. The first-order chi connectivity index (χ1) is 10.6. The predicted octanol–water partition coefficient (Wildman–Crippen LogP) is 3.15. The molecule has 2 aromatic rings. The van der Waals surface area contributed by atoms with Crippen molar-refractivity contribution in [3.63, 3.8) is 0 Å². The fraction of sp³-hybridized carbons (Fsp3) is 0.250. The van der Waals surface area contributed by atoms with E-state index in [0.717, 1.165) is 17.0 Å². The molecular formula is C16H19N3O2S. The van der Waals surface area contributed by atoms with Crippen molar-refractivity contribution in [2.75, 3.05) is 19.5 Å². The van der Waals surface area contributed by atoms with Crippen LogP contribution in [-0.4, -0.2) is 24.3 Å². The highest BCUT2D eigenvalue weighted by molar-refractivity contribution is 7.80. The van der Waals surface area contributed by atoms with Gasteiger partial charge >= 0.3 is 0 Å². The summed E-state index contributed by atoms with van der Waals surface area (Å²) in [4.78, 5) is 4.01. The van der Waals surface area contributed by atoms with Gasteiger partial charge in [-0.3, -0.25) is 4.98 Å². The summed E-state index contributed by atoms with van der Waals surface area (Å²) in [6.07, 6.45) is 3.52. The minimum atomic E-state index is 0.0691. The Balaban J connectivity index is 2.05. The zero-order valence-electron chi connectivity index (χ0n) is 12.8. The van der Waals surface area contributed by atoms with Crippen molar-refractivity contribution in [3.8, 4) is 11.5 Å². The molecule has 1 unspecified atom stereocenters. The molecule has 0 saturated carbocycles. The Hall–Kier alpha value is -2.34. The molecular weight excluding hydrogens is 298 g/mol. The van der Waals surface area contributed by atoms with Crippen LogP contribution in [0.1, 0.15) is 18.5 Å². The lowest BCUT2D eigenvalue weighted by atomic mass is 10.1. The molecule has 1 aromatic heterocycles. The number of rotatable bonds is 5. The molecule has 0 bridgehead atoms. The smallest absolute Gasteiger partial charge is 0.171 e. The number of thiocarbonyl (C=S) groups is 1. The first-order valence-electron chi connectivity index (χ1n) is 6.83. The van der Waals surface area contributed by atoms with Gasteiger partial charge in [-0.2, -0.15) is 0 Å². The minimum absolute atomic E-state index is 0.0691. The van der Waals surface area contributed by atoms with Gasteiger partial charge in [-0.1, -0.05) is 0 Å². The highest BCUT2D eigenvalue weighted by Crippen LogP contribution is 2.28.